The van der Waals surface area contributed by atoms with Crippen LogP contribution in [-0.4, -0.2) is 69.2 Å². The van der Waals surface area contributed by atoms with Crippen molar-refractivity contribution in [3.63, 3.8) is 0 Å². The van der Waals surface area contributed by atoms with Crippen LogP contribution in [0.3, 0.4) is 0 Å². The topological polar surface area (TPSA) is 187 Å². The number of carboxylic acids is 1. The van der Waals surface area contributed by atoms with E-state index < -0.39 is 54.0 Å². The number of carboxylic acid groups (broad SMARTS) is 1. The van der Waals surface area contributed by atoms with Crippen LogP contribution in [0.25, 0.3) is 10.9 Å². The zero-order chi connectivity index (χ0) is 26.3. The normalized spacial score (nSPS) is 15.6. The van der Waals surface area contributed by atoms with Crippen molar-refractivity contribution < 1.29 is 29.4 Å². The van der Waals surface area contributed by atoms with Gasteiger partial charge in [0.2, 0.25) is 17.7 Å². The maximum absolute atomic E-state index is 13.3. The van der Waals surface area contributed by atoms with Crippen LogP contribution in [0.1, 0.15) is 39.7 Å². The minimum Gasteiger partial charge on any atom is -0.480 e. The van der Waals surface area contributed by atoms with E-state index in [0.29, 0.717) is 0 Å². The average Bonchev–Trinajstić information content (AvgIpc) is 3.19. The molecule has 2 rings (SSSR count). The van der Waals surface area contributed by atoms with Crippen LogP contribution in [0.5, 0.6) is 0 Å². The number of hydrogen-bond acceptors (Lipinski definition) is 6. The van der Waals surface area contributed by atoms with Gasteiger partial charge in [-0.1, -0.05) is 32.0 Å². The Kier molecular flexibility index (Phi) is 9.78. The van der Waals surface area contributed by atoms with Gasteiger partial charge in [-0.15, -0.1) is 0 Å². The number of aliphatic hydroxyl groups excluding tert-OH is 1. The number of amides is 3. The summed E-state index contributed by atoms with van der Waals surface area (Å²) in [5.41, 5.74) is 7.37. The van der Waals surface area contributed by atoms with Crippen LogP contribution in [-0.2, 0) is 25.6 Å². The summed E-state index contributed by atoms with van der Waals surface area (Å²) >= 11 is 0. The third-order valence-electron chi connectivity index (χ3n) is 5.62. The number of aliphatic hydroxyl groups is 1. The Morgan fingerprint density at radius 3 is 2.14 bits per heavy atom. The third-order valence-corrected chi connectivity index (χ3v) is 5.62. The maximum Gasteiger partial charge on any atom is 0.325 e. The van der Waals surface area contributed by atoms with Crippen LogP contribution in [0.2, 0.25) is 0 Å². The number of aromatic nitrogens is 1. The SMILES string of the molecule is CC(C)CC(NC(=O)C(Cc1c[nH]c2ccccc12)NC(=O)C(N)C(C)O)C(=O)NC(C)C(=O)O. The van der Waals surface area contributed by atoms with Gasteiger partial charge in [-0.05, 0) is 37.8 Å². The van der Waals surface area contributed by atoms with Gasteiger partial charge in [0.15, 0.2) is 0 Å². The standard InChI is InChI=1S/C24H35N5O6/c1-12(2)9-18(21(31)27-13(3)24(34)35)28-22(32)19(29-23(33)20(25)14(4)30)10-15-11-26-17-8-6-5-7-16(15)17/h5-8,11-14,18-20,26,30H,9-10,25H2,1-4H3,(H,27,31)(H,28,32)(H,29,33)(H,34,35). The number of carbonyl (C=O) groups excluding carboxylic acids is 3. The second-order valence-corrected chi connectivity index (χ2v) is 9.15. The molecule has 0 spiro atoms. The van der Waals surface area contributed by atoms with Crippen molar-refractivity contribution in [2.24, 2.45) is 11.7 Å². The smallest absolute Gasteiger partial charge is 0.325 e. The van der Waals surface area contributed by atoms with Crippen molar-refractivity contribution in [3.05, 3.63) is 36.0 Å². The van der Waals surface area contributed by atoms with Gasteiger partial charge < -0.3 is 36.9 Å². The summed E-state index contributed by atoms with van der Waals surface area (Å²) in [5.74, 6) is -3.18. The summed E-state index contributed by atoms with van der Waals surface area (Å²) in [6.07, 6.45) is 0.947. The predicted octanol–water partition coefficient (Wildman–Crippen LogP) is 0.0235. The van der Waals surface area contributed by atoms with Crippen molar-refractivity contribution >= 4 is 34.6 Å². The molecular formula is C24H35N5O6. The molecule has 0 aliphatic rings. The minimum absolute atomic E-state index is 0.0107. The van der Waals surface area contributed by atoms with Crippen molar-refractivity contribution in [2.45, 2.75) is 70.8 Å². The van der Waals surface area contributed by atoms with Gasteiger partial charge in [0.25, 0.3) is 0 Å². The third kappa shape index (κ3) is 7.79. The molecule has 0 aliphatic carbocycles. The van der Waals surface area contributed by atoms with E-state index in [1.54, 1.807) is 6.20 Å². The molecule has 35 heavy (non-hydrogen) atoms. The Morgan fingerprint density at radius 2 is 1.54 bits per heavy atom. The molecule has 0 bridgehead atoms. The molecule has 0 saturated heterocycles. The van der Waals surface area contributed by atoms with E-state index in [4.69, 9.17) is 10.8 Å². The highest BCUT2D eigenvalue weighted by molar-refractivity contribution is 5.95. The van der Waals surface area contributed by atoms with Gasteiger partial charge in [-0.2, -0.15) is 0 Å². The van der Waals surface area contributed by atoms with Crippen molar-refractivity contribution in [1.82, 2.24) is 20.9 Å². The molecule has 0 saturated carbocycles. The molecule has 5 unspecified atom stereocenters. The molecule has 0 fully saturated rings. The van der Waals surface area contributed by atoms with Gasteiger partial charge in [0.05, 0.1) is 6.10 Å². The highest BCUT2D eigenvalue weighted by atomic mass is 16.4. The molecule has 11 nitrogen and oxygen atoms in total. The summed E-state index contributed by atoms with van der Waals surface area (Å²) in [5, 5.41) is 27.3. The number of carbonyl (C=O) groups is 4. The van der Waals surface area contributed by atoms with E-state index in [2.05, 4.69) is 20.9 Å². The number of H-pyrrole nitrogens is 1. The molecule has 3 amide bonds. The van der Waals surface area contributed by atoms with Crippen molar-refractivity contribution in [2.75, 3.05) is 0 Å². The molecule has 1 aromatic heterocycles. The summed E-state index contributed by atoms with van der Waals surface area (Å²) in [4.78, 5) is 52.9. The van der Waals surface area contributed by atoms with E-state index in [0.717, 1.165) is 16.5 Å². The van der Waals surface area contributed by atoms with Gasteiger partial charge >= 0.3 is 5.97 Å². The number of nitrogens with one attached hydrogen (secondary N) is 4. The summed E-state index contributed by atoms with van der Waals surface area (Å²) in [7, 11) is 0. The van der Waals surface area contributed by atoms with Crippen LogP contribution in [0, 0.1) is 5.92 Å². The fraction of sp³-hybridized carbons (Fsp3) is 0.500. The molecule has 1 heterocycles. The molecule has 1 aromatic carbocycles. The lowest BCUT2D eigenvalue weighted by molar-refractivity contribution is -0.142. The zero-order valence-corrected chi connectivity index (χ0v) is 20.4. The van der Waals surface area contributed by atoms with E-state index in [1.807, 2.05) is 38.1 Å². The van der Waals surface area contributed by atoms with E-state index in [9.17, 15) is 24.3 Å². The van der Waals surface area contributed by atoms with Crippen molar-refractivity contribution in [1.29, 1.82) is 0 Å². The maximum atomic E-state index is 13.3. The average molecular weight is 490 g/mol. The number of aromatic amines is 1. The van der Waals surface area contributed by atoms with E-state index in [-0.39, 0.29) is 18.8 Å². The lowest BCUT2D eigenvalue weighted by Gasteiger charge is -2.26. The number of para-hydroxylation sites is 1. The van der Waals surface area contributed by atoms with Crippen molar-refractivity contribution in [3.8, 4) is 0 Å². The Hall–Kier alpha value is -3.44. The molecule has 5 atom stereocenters. The minimum atomic E-state index is -1.25. The number of rotatable bonds is 12. The van der Waals surface area contributed by atoms with Crippen LogP contribution in [0.15, 0.2) is 30.5 Å². The summed E-state index contributed by atoms with van der Waals surface area (Å²) < 4.78 is 0. The van der Waals surface area contributed by atoms with Crippen LogP contribution < -0.4 is 21.7 Å². The molecule has 0 aliphatic heterocycles. The summed E-state index contributed by atoms with van der Waals surface area (Å²) in [6.45, 7) is 6.41. The number of benzene rings is 1. The molecule has 2 aromatic rings. The Balaban J connectivity index is 2.29. The molecule has 8 N–H and O–H groups in total. The number of hydrogen-bond donors (Lipinski definition) is 7. The lowest BCUT2D eigenvalue weighted by Crippen LogP contribution is -2.58. The van der Waals surface area contributed by atoms with Gasteiger partial charge in [0, 0.05) is 23.5 Å². The van der Waals surface area contributed by atoms with Gasteiger partial charge in [0.1, 0.15) is 24.2 Å². The largest absolute Gasteiger partial charge is 0.480 e. The second kappa shape index (κ2) is 12.3. The van der Waals surface area contributed by atoms with E-state index >= 15 is 0 Å². The predicted molar refractivity (Wildman–Crippen MR) is 130 cm³/mol. The fourth-order valence-electron chi connectivity index (χ4n) is 3.57. The van der Waals surface area contributed by atoms with Crippen LogP contribution >= 0.6 is 0 Å². The highest BCUT2D eigenvalue weighted by Crippen LogP contribution is 2.19. The first kappa shape index (κ1) is 27.8. The van der Waals surface area contributed by atoms with E-state index in [1.165, 1.54) is 13.8 Å². The Bertz CT molecular complexity index is 1050. The first-order valence-corrected chi connectivity index (χ1v) is 11.5. The highest BCUT2D eigenvalue weighted by Gasteiger charge is 2.31. The number of nitrogens with two attached hydrogens (primary N) is 1. The number of fused-ring (bicyclic) bond motifs is 1. The van der Waals surface area contributed by atoms with Crippen LogP contribution in [0.4, 0.5) is 0 Å². The fourth-order valence-corrected chi connectivity index (χ4v) is 3.57. The molecule has 0 radical (unpaired) electrons. The first-order valence-electron chi connectivity index (χ1n) is 11.5. The Morgan fingerprint density at radius 1 is 0.943 bits per heavy atom. The van der Waals surface area contributed by atoms with Gasteiger partial charge in [-0.25, -0.2) is 0 Å². The van der Waals surface area contributed by atoms with Gasteiger partial charge in [-0.3, -0.25) is 19.2 Å². The summed E-state index contributed by atoms with van der Waals surface area (Å²) in [6, 6.07) is 2.96. The lowest BCUT2D eigenvalue weighted by atomic mass is 10.00. The Labute approximate surface area is 203 Å². The zero-order valence-electron chi connectivity index (χ0n) is 20.4. The number of aliphatic carboxylic acids is 1. The monoisotopic (exact) mass is 489 g/mol. The second-order valence-electron chi connectivity index (χ2n) is 9.15. The molecule has 192 valence electrons. The quantitative estimate of drug-likeness (QED) is 0.219. The molecular weight excluding hydrogens is 454 g/mol. The first-order chi connectivity index (χ1) is 16.4. The molecule has 11 heteroatoms.